The fourth-order valence-corrected chi connectivity index (χ4v) is 5.04. The van der Waals surface area contributed by atoms with E-state index in [4.69, 9.17) is 34.8 Å². The number of allylic oxidation sites excluding steroid dienone is 2. The zero-order valence-corrected chi connectivity index (χ0v) is 20.7. The average molecular weight is 520 g/mol. The Labute approximate surface area is 212 Å². The summed E-state index contributed by atoms with van der Waals surface area (Å²) in [5.74, 6) is -3.37. The topological polar surface area (TPSA) is 74.8 Å². The summed E-state index contributed by atoms with van der Waals surface area (Å²) in [6.07, 6.45) is 2.76. The van der Waals surface area contributed by atoms with E-state index in [0.717, 1.165) is 15.6 Å². The fourth-order valence-electron chi connectivity index (χ4n) is 4.43. The predicted octanol–water partition coefficient (Wildman–Crippen LogP) is 5.62. The SMILES string of the molecule is CC1=CC[C@@H]2C(=O)N(N(C(=O)c3ccc(Cl)cc3Cl)[C@H](C)C(=O)c3ccc(Cl)cc3)C(=O)[C@@H]2C1. The zero-order valence-electron chi connectivity index (χ0n) is 18.4. The van der Waals surface area contributed by atoms with Crippen LogP contribution in [0, 0.1) is 11.8 Å². The van der Waals surface area contributed by atoms with Crippen molar-refractivity contribution >= 4 is 58.3 Å². The van der Waals surface area contributed by atoms with Gasteiger partial charge >= 0.3 is 0 Å². The highest BCUT2D eigenvalue weighted by molar-refractivity contribution is 6.37. The van der Waals surface area contributed by atoms with Crippen LogP contribution in [0.1, 0.15) is 47.4 Å². The average Bonchev–Trinajstić information content (AvgIpc) is 3.03. The van der Waals surface area contributed by atoms with Crippen molar-refractivity contribution in [1.82, 2.24) is 10.0 Å². The number of nitrogens with zero attached hydrogens (tertiary/aromatic N) is 2. The van der Waals surface area contributed by atoms with Crippen LogP contribution in [-0.2, 0) is 9.59 Å². The van der Waals surface area contributed by atoms with Gasteiger partial charge in [0.15, 0.2) is 5.78 Å². The van der Waals surface area contributed by atoms with E-state index in [1.54, 1.807) is 12.1 Å². The van der Waals surface area contributed by atoms with Crippen LogP contribution in [0.4, 0.5) is 0 Å². The summed E-state index contributed by atoms with van der Waals surface area (Å²) in [6.45, 7) is 3.38. The van der Waals surface area contributed by atoms with E-state index in [-0.39, 0.29) is 16.1 Å². The lowest BCUT2D eigenvalue weighted by atomic mass is 9.82. The number of imide groups is 1. The van der Waals surface area contributed by atoms with Crippen LogP contribution in [0.25, 0.3) is 0 Å². The first-order valence-electron chi connectivity index (χ1n) is 10.7. The third-order valence-electron chi connectivity index (χ3n) is 6.26. The second-order valence-electron chi connectivity index (χ2n) is 8.51. The molecule has 0 spiro atoms. The highest BCUT2D eigenvalue weighted by Crippen LogP contribution is 2.39. The number of halogens is 3. The van der Waals surface area contributed by atoms with E-state index in [2.05, 4.69) is 0 Å². The van der Waals surface area contributed by atoms with Gasteiger partial charge in [-0.2, -0.15) is 5.01 Å². The lowest BCUT2D eigenvalue weighted by Crippen LogP contribution is -2.56. The van der Waals surface area contributed by atoms with Gasteiger partial charge in [-0.1, -0.05) is 46.5 Å². The number of carbonyl (C=O) groups is 4. The van der Waals surface area contributed by atoms with Crippen molar-refractivity contribution in [3.8, 4) is 0 Å². The minimum Gasteiger partial charge on any atom is -0.292 e. The number of rotatable bonds is 5. The van der Waals surface area contributed by atoms with E-state index >= 15 is 0 Å². The Morgan fingerprint density at radius 3 is 2.24 bits per heavy atom. The maximum absolute atomic E-state index is 13.7. The fraction of sp³-hybridized carbons (Fsp3) is 0.280. The molecule has 3 atom stereocenters. The smallest absolute Gasteiger partial charge is 0.275 e. The summed E-state index contributed by atoms with van der Waals surface area (Å²) in [5.41, 5.74) is 1.31. The molecule has 3 amide bonds. The van der Waals surface area contributed by atoms with Gasteiger partial charge in [-0.05, 0) is 69.2 Å². The maximum Gasteiger partial charge on any atom is 0.275 e. The minimum atomic E-state index is -1.18. The summed E-state index contributed by atoms with van der Waals surface area (Å²) >= 11 is 18.2. The van der Waals surface area contributed by atoms with Crippen molar-refractivity contribution in [3.63, 3.8) is 0 Å². The molecule has 0 radical (unpaired) electrons. The molecule has 0 saturated carbocycles. The third kappa shape index (κ3) is 4.38. The Balaban J connectivity index is 1.77. The van der Waals surface area contributed by atoms with Crippen molar-refractivity contribution in [1.29, 1.82) is 0 Å². The molecule has 2 aliphatic rings. The summed E-state index contributed by atoms with van der Waals surface area (Å²) < 4.78 is 0. The second-order valence-corrected chi connectivity index (χ2v) is 9.79. The number of carbonyl (C=O) groups excluding carboxylic acids is 4. The summed E-state index contributed by atoms with van der Waals surface area (Å²) in [4.78, 5) is 53.9. The molecular weight excluding hydrogens is 499 g/mol. The molecule has 0 unspecified atom stereocenters. The predicted molar refractivity (Wildman–Crippen MR) is 130 cm³/mol. The van der Waals surface area contributed by atoms with Gasteiger partial charge in [0.25, 0.3) is 17.7 Å². The van der Waals surface area contributed by atoms with Gasteiger partial charge in [-0.25, -0.2) is 5.01 Å². The van der Waals surface area contributed by atoms with Gasteiger partial charge in [-0.15, -0.1) is 0 Å². The number of hydrogen-bond acceptors (Lipinski definition) is 4. The Morgan fingerprint density at radius 2 is 1.59 bits per heavy atom. The van der Waals surface area contributed by atoms with Crippen LogP contribution in [0.2, 0.25) is 15.1 Å². The molecule has 9 heteroatoms. The number of hydrogen-bond donors (Lipinski definition) is 0. The first-order valence-corrected chi connectivity index (χ1v) is 11.8. The van der Waals surface area contributed by atoms with Crippen LogP contribution >= 0.6 is 34.8 Å². The number of benzene rings is 2. The number of ketones is 1. The molecule has 1 aliphatic carbocycles. The monoisotopic (exact) mass is 518 g/mol. The van der Waals surface area contributed by atoms with E-state index in [0.29, 0.717) is 22.9 Å². The molecule has 1 fully saturated rings. The standard InChI is InChI=1S/C25H21Cl3N2O4/c1-13-3-9-18-20(11-13)25(34)30(23(18)32)29(24(33)19-10-8-17(27)12-21(19)28)14(2)22(31)15-4-6-16(26)7-5-15/h3-8,10,12,14,18,20H,9,11H2,1-2H3/t14-,18+,20-/m1/s1. The van der Waals surface area contributed by atoms with E-state index < -0.39 is 41.4 Å². The van der Waals surface area contributed by atoms with Crippen LogP contribution in [0.5, 0.6) is 0 Å². The van der Waals surface area contributed by atoms with Gasteiger partial charge in [0.2, 0.25) is 0 Å². The summed E-state index contributed by atoms with van der Waals surface area (Å²) in [5, 5.41) is 2.58. The van der Waals surface area contributed by atoms with Crippen LogP contribution in [-0.4, -0.2) is 39.6 Å². The molecule has 34 heavy (non-hydrogen) atoms. The minimum absolute atomic E-state index is 0.0200. The van der Waals surface area contributed by atoms with Crippen molar-refractivity contribution in [2.45, 2.75) is 32.7 Å². The molecule has 1 aliphatic heterocycles. The molecule has 176 valence electrons. The maximum atomic E-state index is 13.7. The Hall–Kier alpha value is -2.67. The molecule has 0 bridgehead atoms. The van der Waals surface area contributed by atoms with Gasteiger partial charge in [-0.3, -0.25) is 19.2 Å². The van der Waals surface area contributed by atoms with Crippen LogP contribution in [0.3, 0.4) is 0 Å². The number of fused-ring (bicyclic) bond motifs is 1. The van der Waals surface area contributed by atoms with E-state index in [1.165, 1.54) is 37.3 Å². The molecular formula is C25H21Cl3N2O4. The molecule has 1 saturated heterocycles. The molecule has 1 heterocycles. The number of Topliss-reactive ketones (excluding diaryl/α,β-unsaturated/α-hetero) is 1. The first kappa shape index (κ1) is 24.5. The van der Waals surface area contributed by atoms with E-state index in [1.807, 2.05) is 13.0 Å². The number of hydrazine groups is 1. The molecule has 0 N–H and O–H groups in total. The Kier molecular flexibility index (Phi) is 6.85. The van der Waals surface area contributed by atoms with Crippen LogP contribution in [0.15, 0.2) is 54.1 Å². The van der Waals surface area contributed by atoms with Gasteiger partial charge in [0.1, 0.15) is 6.04 Å². The second kappa shape index (κ2) is 9.53. The Bertz CT molecular complexity index is 1230. The number of amides is 3. The van der Waals surface area contributed by atoms with Gasteiger partial charge in [0.05, 0.1) is 22.4 Å². The van der Waals surface area contributed by atoms with Gasteiger partial charge in [0, 0.05) is 15.6 Å². The molecule has 4 rings (SSSR count). The molecule has 2 aromatic carbocycles. The molecule has 0 aromatic heterocycles. The van der Waals surface area contributed by atoms with E-state index in [9.17, 15) is 19.2 Å². The highest BCUT2D eigenvalue weighted by Gasteiger charge is 2.53. The first-order chi connectivity index (χ1) is 16.1. The quantitative estimate of drug-likeness (QED) is 0.292. The summed E-state index contributed by atoms with van der Waals surface area (Å²) in [6, 6.07) is 9.26. The zero-order chi connectivity index (χ0) is 24.7. The largest absolute Gasteiger partial charge is 0.292 e. The summed E-state index contributed by atoms with van der Waals surface area (Å²) in [7, 11) is 0. The van der Waals surface area contributed by atoms with Crippen molar-refractivity contribution < 1.29 is 19.2 Å². The van der Waals surface area contributed by atoms with Crippen molar-refractivity contribution in [3.05, 3.63) is 80.3 Å². The lowest BCUT2D eigenvalue weighted by Gasteiger charge is -2.35. The lowest BCUT2D eigenvalue weighted by molar-refractivity contribution is -0.156. The molecule has 6 nitrogen and oxygen atoms in total. The molecule has 2 aromatic rings. The Morgan fingerprint density at radius 1 is 0.971 bits per heavy atom. The highest BCUT2D eigenvalue weighted by atomic mass is 35.5. The van der Waals surface area contributed by atoms with Crippen LogP contribution < -0.4 is 0 Å². The van der Waals surface area contributed by atoms with Crippen molar-refractivity contribution in [2.75, 3.05) is 0 Å². The van der Waals surface area contributed by atoms with Gasteiger partial charge < -0.3 is 0 Å². The third-order valence-corrected chi connectivity index (χ3v) is 7.06. The normalized spacial score (nSPS) is 20.6. The van der Waals surface area contributed by atoms with Crippen molar-refractivity contribution in [2.24, 2.45) is 11.8 Å².